The van der Waals surface area contributed by atoms with Gasteiger partial charge in [-0.2, -0.15) is 5.26 Å². The summed E-state index contributed by atoms with van der Waals surface area (Å²) in [6, 6.07) is 18.2. The Kier molecular flexibility index (Phi) is 8.35. The van der Waals surface area contributed by atoms with Crippen LogP contribution in [0.2, 0.25) is 0 Å². The maximum Gasteiger partial charge on any atom is 0.250 e. The molecule has 0 bridgehead atoms. The molecule has 11 heteroatoms. The van der Waals surface area contributed by atoms with Gasteiger partial charge in [0, 0.05) is 35.1 Å². The average molecular weight is 570 g/mol. The van der Waals surface area contributed by atoms with Gasteiger partial charge in [-0.3, -0.25) is 0 Å². The monoisotopic (exact) mass is 569 g/mol. The average Bonchev–Trinajstić information content (AvgIpc) is 3.43. The lowest BCUT2D eigenvalue weighted by Crippen LogP contribution is -2.56. The first-order valence-corrected chi connectivity index (χ1v) is 15.2. The highest BCUT2D eigenvalue weighted by atomic mass is 32.2. The van der Waals surface area contributed by atoms with Crippen molar-refractivity contribution in [1.29, 1.82) is 5.26 Å². The number of nitrogens with one attached hydrogen (secondary N) is 1. The van der Waals surface area contributed by atoms with Crippen LogP contribution >= 0.6 is 11.3 Å². The van der Waals surface area contributed by atoms with Gasteiger partial charge in [-0.05, 0) is 72.0 Å². The van der Waals surface area contributed by atoms with Crippen molar-refractivity contribution in [3.05, 3.63) is 58.3 Å². The zero-order chi connectivity index (χ0) is 27.6. The van der Waals surface area contributed by atoms with E-state index in [0.717, 1.165) is 34.3 Å². The molecule has 0 spiro atoms. The number of nitriles is 1. The molecule has 4 atom stereocenters. The molecule has 9 nitrogen and oxygen atoms in total. The van der Waals surface area contributed by atoms with E-state index >= 15 is 0 Å². The smallest absolute Gasteiger partial charge is 0.250 e. The van der Waals surface area contributed by atoms with E-state index in [1.807, 2.05) is 12.1 Å². The number of hydrogen-bond acceptors (Lipinski definition) is 9. The Morgan fingerprint density at radius 3 is 2.56 bits per heavy atom. The third-order valence-electron chi connectivity index (χ3n) is 7.21. The van der Waals surface area contributed by atoms with Crippen LogP contribution in [-0.4, -0.2) is 74.4 Å². The fourth-order valence-corrected chi connectivity index (χ4v) is 6.90. The lowest BCUT2D eigenvalue weighted by molar-refractivity contribution is -0.184. The molecule has 3 aromatic rings. The molecular weight excluding hydrogens is 538 g/mol. The Morgan fingerprint density at radius 2 is 1.79 bits per heavy atom. The molecule has 0 saturated carbocycles. The van der Waals surface area contributed by atoms with E-state index in [9.17, 15) is 29.0 Å². The molecule has 2 aromatic carbocycles. The highest BCUT2D eigenvalue weighted by Gasteiger charge is 2.38. The zero-order valence-corrected chi connectivity index (χ0v) is 22.9. The minimum Gasteiger partial charge on any atom is -0.388 e. The van der Waals surface area contributed by atoms with Gasteiger partial charge in [0.1, 0.15) is 24.4 Å². The number of thiophene rings is 1. The van der Waals surface area contributed by atoms with Crippen LogP contribution in [0.3, 0.4) is 0 Å². The minimum atomic E-state index is -4.20. The molecule has 206 valence electrons. The SMILES string of the molecule is N#C/C(=C\c1ccc(-c2ccc3cc(N4CCCCC4)ccc3c2)s1)S(=O)(=O)NC[C@H]1OC[C@H](O)[C@@H](O)[C@@H]1O. The van der Waals surface area contributed by atoms with Crippen LogP contribution in [0.25, 0.3) is 27.3 Å². The summed E-state index contributed by atoms with van der Waals surface area (Å²) >= 11 is 1.37. The van der Waals surface area contributed by atoms with Gasteiger partial charge >= 0.3 is 0 Å². The summed E-state index contributed by atoms with van der Waals surface area (Å²) in [6.07, 6.45) is -0.182. The predicted molar refractivity (Wildman–Crippen MR) is 152 cm³/mol. The highest BCUT2D eigenvalue weighted by molar-refractivity contribution is 7.93. The summed E-state index contributed by atoms with van der Waals surface area (Å²) in [4.78, 5) is 3.49. The fourth-order valence-electron chi connectivity index (χ4n) is 4.94. The largest absolute Gasteiger partial charge is 0.388 e. The van der Waals surface area contributed by atoms with E-state index in [1.165, 1.54) is 42.4 Å². The summed E-state index contributed by atoms with van der Waals surface area (Å²) in [5.74, 6) is 0. The lowest BCUT2D eigenvalue weighted by Gasteiger charge is -2.35. The summed E-state index contributed by atoms with van der Waals surface area (Å²) in [5, 5.41) is 41.2. The molecule has 4 N–H and O–H groups in total. The van der Waals surface area contributed by atoms with Crippen LogP contribution in [0.5, 0.6) is 0 Å². The topological polar surface area (TPSA) is 143 Å². The van der Waals surface area contributed by atoms with Crippen LogP contribution in [0.4, 0.5) is 5.69 Å². The van der Waals surface area contributed by atoms with Gasteiger partial charge in [0.15, 0.2) is 4.91 Å². The van der Waals surface area contributed by atoms with Crippen molar-refractivity contribution in [3.8, 4) is 16.5 Å². The molecule has 5 rings (SSSR count). The quantitative estimate of drug-likeness (QED) is 0.318. The third-order valence-corrected chi connectivity index (χ3v) is 9.63. The Balaban J connectivity index is 1.29. The molecule has 0 radical (unpaired) electrons. The van der Waals surface area contributed by atoms with Gasteiger partial charge < -0.3 is 25.0 Å². The first-order chi connectivity index (χ1) is 18.7. The van der Waals surface area contributed by atoms with Gasteiger partial charge in [-0.15, -0.1) is 11.3 Å². The maximum atomic E-state index is 12.8. The second kappa shape index (κ2) is 11.7. The van der Waals surface area contributed by atoms with Gasteiger partial charge in [-0.1, -0.05) is 18.2 Å². The van der Waals surface area contributed by atoms with E-state index in [0.29, 0.717) is 4.88 Å². The van der Waals surface area contributed by atoms with Crippen molar-refractivity contribution in [3.63, 3.8) is 0 Å². The number of sulfonamides is 1. The van der Waals surface area contributed by atoms with Crippen molar-refractivity contribution < 1.29 is 28.5 Å². The maximum absolute atomic E-state index is 12.8. The van der Waals surface area contributed by atoms with Crippen LogP contribution in [-0.2, 0) is 14.8 Å². The number of nitrogens with zero attached hydrogens (tertiary/aromatic N) is 2. The van der Waals surface area contributed by atoms with E-state index < -0.39 is 39.3 Å². The highest BCUT2D eigenvalue weighted by Crippen LogP contribution is 2.33. The summed E-state index contributed by atoms with van der Waals surface area (Å²) in [5.41, 5.74) is 2.25. The second-order valence-corrected chi connectivity index (χ2v) is 12.7. The van der Waals surface area contributed by atoms with Crippen molar-refractivity contribution in [1.82, 2.24) is 4.72 Å². The number of rotatable bonds is 7. The molecule has 0 amide bonds. The minimum absolute atomic E-state index is 0.238. The number of anilines is 1. The molecule has 0 unspecified atom stereocenters. The second-order valence-electron chi connectivity index (χ2n) is 9.89. The van der Waals surface area contributed by atoms with E-state index in [-0.39, 0.29) is 13.2 Å². The lowest BCUT2D eigenvalue weighted by atomic mass is 10.0. The van der Waals surface area contributed by atoms with Crippen molar-refractivity contribution >= 4 is 43.9 Å². The van der Waals surface area contributed by atoms with Crippen LogP contribution in [0.15, 0.2) is 53.4 Å². The van der Waals surface area contributed by atoms with Crippen molar-refractivity contribution in [2.75, 3.05) is 31.1 Å². The molecule has 2 fully saturated rings. The molecule has 3 heterocycles. The Bertz CT molecular complexity index is 1510. The van der Waals surface area contributed by atoms with Gasteiger partial charge in [0.2, 0.25) is 0 Å². The van der Waals surface area contributed by atoms with E-state index in [4.69, 9.17) is 4.74 Å². The van der Waals surface area contributed by atoms with Crippen LogP contribution < -0.4 is 9.62 Å². The number of aliphatic hydroxyl groups excluding tert-OH is 3. The molecule has 0 aliphatic carbocycles. The van der Waals surface area contributed by atoms with Crippen molar-refractivity contribution in [2.45, 2.75) is 43.7 Å². The fraction of sp³-hybridized carbons (Fsp3) is 0.393. The van der Waals surface area contributed by atoms with Gasteiger partial charge in [-0.25, -0.2) is 13.1 Å². The number of allylic oxidation sites excluding steroid dienone is 1. The number of benzene rings is 2. The number of piperidine rings is 1. The third kappa shape index (κ3) is 6.18. The van der Waals surface area contributed by atoms with E-state index in [1.54, 1.807) is 12.1 Å². The summed E-state index contributed by atoms with van der Waals surface area (Å²) in [6.45, 7) is 1.58. The van der Waals surface area contributed by atoms with Crippen LogP contribution in [0, 0.1) is 11.3 Å². The summed E-state index contributed by atoms with van der Waals surface area (Å²) in [7, 11) is -4.20. The predicted octanol–water partition coefficient (Wildman–Crippen LogP) is 2.82. The standard InChI is InChI=1S/C28H31N3O6S2/c29-15-23(39(35,36)30-16-25-28(34)27(33)24(32)17-37-25)14-22-8-9-26(38-22)20-5-4-19-13-21(7-6-18(19)12-20)31-10-2-1-3-11-31/h4-9,12-14,24-25,27-28,30,32-34H,1-3,10-11,16-17H2/b23-14+/t24-,25+,27+,28+/m0/s1. The first kappa shape index (κ1) is 27.7. The van der Waals surface area contributed by atoms with Gasteiger partial charge in [0.25, 0.3) is 10.0 Å². The first-order valence-electron chi connectivity index (χ1n) is 12.9. The van der Waals surface area contributed by atoms with E-state index in [2.05, 4.69) is 40.0 Å². The Hall–Kier alpha value is -2.82. The zero-order valence-electron chi connectivity index (χ0n) is 21.2. The molecule has 2 aliphatic rings. The molecule has 2 saturated heterocycles. The molecule has 2 aliphatic heterocycles. The number of ether oxygens (including phenoxy) is 1. The number of aliphatic hydroxyl groups is 3. The molecule has 39 heavy (non-hydrogen) atoms. The van der Waals surface area contributed by atoms with Crippen LogP contribution in [0.1, 0.15) is 24.1 Å². The number of hydrogen-bond donors (Lipinski definition) is 4. The molecule has 1 aromatic heterocycles. The number of fused-ring (bicyclic) bond motifs is 1. The normalized spacial score (nSPS) is 24.6. The van der Waals surface area contributed by atoms with Crippen molar-refractivity contribution in [2.24, 2.45) is 0 Å². The van der Waals surface area contributed by atoms with Gasteiger partial charge in [0.05, 0.1) is 12.7 Å². The molecular formula is C28H31N3O6S2. The Morgan fingerprint density at radius 1 is 1.05 bits per heavy atom. The Labute approximate surface area is 231 Å². The summed E-state index contributed by atoms with van der Waals surface area (Å²) < 4.78 is 33.0.